The molecule has 1 aromatic carbocycles. The summed E-state index contributed by atoms with van der Waals surface area (Å²) in [5.41, 5.74) is 2.44. The monoisotopic (exact) mass is 411 g/mol. The molecule has 0 spiro atoms. The Morgan fingerprint density at radius 3 is 2.60 bits per heavy atom. The summed E-state index contributed by atoms with van der Waals surface area (Å²) in [5.74, 6) is -4.47. The number of amides is 2. The Balaban J connectivity index is 1.23. The Labute approximate surface area is 170 Å². The van der Waals surface area contributed by atoms with E-state index in [0.717, 1.165) is 10.9 Å². The first-order valence-corrected chi connectivity index (χ1v) is 10.0. The fourth-order valence-electron chi connectivity index (χ4n) is 4.80. The van der Waals surface area contributed by atoms with E-state index in [9.17, 15) is 18.4 Å². The van der Waals surface area contributed by atoms with Gasteiger partial charge >= 0.3 is 0 Å². The predicted octanol–water partition coefficient (Wildman–Crippen LogP) is 2.36. The summed E-state index contributed by atoms with van der Waals surface area (Å²) in [6.07, 6.45) is 1.50. The summed E-state index contributed by atoms with van der Waals surface area (Å²) >= 11 is 0. The number of halogens is 2. The highest BCUT2D eigenvalue weighted by Gasteiger charge is 2.72. The van der Waals surface area contributed by atoms with Gasteiger partial charge in [-0.2, -0.15) is 5.10 Å². The van der Waals surface area contributed by atoms with Crippen LogP contribution in [0.5, 0.6) is 0 Å². The Hall–Kier alpha value is -3.23. The van der Waals surface area contributed by atoms with Crippen molar-refractivity contribution in [1.82, 2.24) is 24.6 Å². The lowest BCUT2D eigenvalue weighted by Crippen LogP contribution is -2.40. The van der Waals surface area contributed by atoms with Crippen LogP contribution in [0.4, 0.5) is 8.78 Å². The van der Waals surface area contributed by atoms with Crippen molar-refractivity contribution in [3.05, 3.63) is 53.5 Å². The van der Waals surface area contributed by atoms with E-state index in [-0.39, 0.29) is 31.4 Å². The molecule has 2 fully saturated rings. The highest BCUT2D eigenvalue weighted by molar-refractivity contribution is 5.99. The molecule has 2 aromatic heterocycles. The van der Waals surface area contributed by atoms with Crippen LogP contribution in [0.3, 0.4) is 0 Å². The van der Waals surface area contributed by atoms with Gasteiger partial charge in [0.25, 0.3) is 17.7 Å². The number of carbonyl (C=O) groups excluding carboxylic acids is 2. The number of hydrogen-bond acceptors (Lipinski definition) is 3. The van der Waals surface area contributed by atoms with E-state index >= 15 is 0 Å². The molecule has 3 aromatic rings. The van der Waals surface area contributed by atoms with E-state index in [0.29, 0.717) is 30.0 Å². The van der Waals surface area contributed by atoms with Gasteiger partial charge in [0.1, 0.15) is 5.69 Å². The van der Waals surface area contributed by atoms with Gasteiger partial charge in [-0.3, -0.25) is 14.3 Å². The van der Waals surface area contributed by atoms with E-state index in [4.69, 9.17) is 0 Å². The Kier molecular flexibility index (Phi) is 3.46. The minimum Gasteiger partial charge on any atom is -0.351 e. The number of nitrogens with zero attached hydrogens (tertiary/aromatic N) is 4. The largest absolute Gasteiger partial charge is 0.351 e. The van der Waals surface area contributed by atoms with Crippen LogP contribution in [0, 0.1) is 11.8 Å². The van der Waals surface area contributed by atoms with Crippen LogP contribution in [-0.2, 0) is 13.1 Å². The summed E-state index contributed by atoms with van der Waals surface area (Å²) in [5, 5.41) is 5.25. The van der Waals surface area contributed by atoms with Crippen LogP contribution in [-0.4, -0.2) is 61.9 Å². The van der Waals surface area contributed by atoms with Crippen molar-refractivity contribution >= 4 is 22.7 Å². The first-order chi connectivity index (χ1) is 14.4. The third kappa shape index (κ3) is 2.44. The first kappa shape index (κ1) is 17.6. The molecule has 2 atom stereocenters. The molecule has 4 heterocycles. The van der Waals surface area contributed by atoms with Crippen molar-refractivity contribution < 1.29 is 18.4 Å². The summed E-state index contributed by atoms with van der Waals surface area (Å²) in [6, 6.07) is 9.50. The maximum absolute atomic E-state index is 13.5. The number of nitrogens with one attached hydrogen (secondary N) is 1. The number of rotatable bonds is 2. The van der Waals surface area contributed by atoms with Crippen molar-refractivity contribution in [2.24, 2.45) is 11.8 Å². The first-order valence-electron chi connectivity index (χ1n) is 10.0. The molecule has 154 valence electrons. The number of carbonyl (C=O) groups is 2. The van der Waals surface area contributed by atoms with Crippen LogP contribution in [0.2, 0.25) is 0 Å². The highest BCUT2D eigenvalue weighted by Crippen LogP contribution is 2.59. The minimum absolute atomic E-state index is 0.0822. The van der Waals surface area contributed by atoms with Crippen molar-refractivity contribution in [3.8, 4) is 0 Å². The fraction of sp³-hybridized carbons (Fsp3) is 0.381. The second kappa shape index (κ2) is 5.90. The third-order valence-electron chi connectivity index (χ3n) is 6.64. The van der Waals surface area contributed by atoms with Crippen LogP contribution in [0.1, 0.15) is 26.5 Å². The average molecular weight is 411 g/mol. The molecule has 1 saturated heterocycles. The summed E-state index contributed by atoms with van der Waals surface area (Å²) in [6.45, 7) is 1.39. The molecule has 1 N–H and O–H groups in total. The quantitative estimate of drug-likeness (QED) is 0.704. The van der Waals surface area contributed by atoms with Gasteiger partial charge in [0, 0.05) is 30.5 Å². The molecular formula is C21H19F2N5O2. The lowest BCUT2D eigenvalue weighted by molar-refractivity contribution is 0.0455. The van der Waals surface area contributed by atoms with Gasteiger partial charge in [0.15, 0.2) is 0 Å². The molecular weight excluding hydrogens is 392 g/mol. The molecule has 2 unspecified atom stereocenters. The Morgan fingerprint density at radius 2 is 1.83 bits per heavy atom. The zero-order valence-corrected chi connectivity index (χ0v) is 16.0. The normalized spacial score (nSPS) is 24.1. The van der Waals surface area contributed by atoms with Gasteiger partial charge in [0.05, 0.1) is 42.4 Å². The van der Waals surface area contributed by atoms with Gasteiger partial charge in [0.2, 0.25) is 0 Å². The number of para-hydroxylation sites is 1. The van der Waals surface area contributed by atoms with Gasteiger partial charge < -0.3 is 14.8 Å². The molecule has 0 radical (unpaired) electrons. The number of piperidine rings is 1. The maximum Gasteiger partial charge on any atom is 0.270 e. The van der Waals surface area contributed by atoms with Gasteiger partial charge in [-0.05, 0) is 12.1 Å². The number of hydrogen-bond donors (Lipinski definition) is 1. The minimum atomic E-state index is -2.63. The zero-order chi connectivity index (χ0) is 20.6. The number of H-pyrrole nitrogens is 1. The molecule has 30 heavy (non-hydrogen) atoms. The van der Waals surface area contributed by atoms with E-state index in [1.165, 1.54) is 11.1 Å². The van der Waals surface area contributed by atoms with Crippen molar-refractivity contribution in [3.63, 3.8) is 0 Å². The number of alkyl halides is 2. The average Bonchev–Trinajstić information content (AvgIpc) is 3.30. The number of aromatic amines is 1. The second-order valence-electron chi connectivity index (χ2n) is 8.32. The number of aromatic nitrogens is 3. The standard InChI is InChI=1S/C21H19F2N5O2/c22-21(23)14-9-27(10-15(14)21)19(29)13-8-24-28-6-5-26(11-18(13)28)20(30)17-7-12-3-1-2-4-16(12)25-17/h1-4,7-8,14-15,25H,5-6,9-11H2. The van der Waals surface area contributed by atoms with Gasteiger partial charge in [-0.1, -0.05) is 18.2 Å². The van der Waals surface area contributed by atoms with E-state index in [1.807, 2.05) is 30.3 Å². The van der Waals surface area contributed by atoms with E-state index in [2.05, 4.69) is 10.1 Å². The Bertz CT molecular complexity index is 1150. The molecule has 7 nitrogen and oxygen atoms in total. The Morgan fingerprint density at radius 1 is 1.07 bits per heavy atom. The lowest BCUT2D eigenvalue weighted by Gasteiger charge is -2.28. The lowest BCUT2D eigenvalue weighted by atomic mass is 10.1. The van der Waals surface area contributed by atoms with Crippen LogP contribution >= 0.6 is 0 Å². The molecule has 6 rings (SSSR count). The van der Waals surface area contributed by atoms with Gasteiger partial charge in [-0.25, -0.2) is 8.78 Å². The molecule has 0 bridgehead atoms. The van der Waals surface area contributed by atoms with Crippen molar-refractivity contribution in [2.45, 2.75) is 19.0 Å². The van der Waals surface area contributed by atoms with Crippen molar-refractivity contribution in [2.75, 3.05) is 19.6 Å². The van der Waals surface area contributed by atoms with E-state index < -0.39 is 17.8 Å². The molecule has 2 amide bonds. The number of fused-ring (bicyclic) bond motifs is 3. The van der Waals surface area contributed by atoms with Crippen molar-refractivity contribution in [1.29, 1.82) is 0 Å². The fourth-order valence-corrected chi connectivity index (χ4v) is 4.80. The highest BCUT2D eigenvalue weighted by atomic mass is 19.3. The zero-order valence-electron chi connectivity index (χ0n) is 16.0. The predicted molar refractivity (Wildman–Crippen MR) is 103 cm³/mol. The molecule has 9 heteroatoms. The smallest absolute Gasteiger partial charge is 0.270 e. The summed E-state index contributed by atoms with van der Waals surface area (Å²) < 4.78 is 28.7. The van der Waals surface area contributed by atoms with Crippen LogP contribution in [0.15, 0.2) is 36.5 Å². The number of likely N-dealkylation sites (tertiary alicyclic amines) is 1. The molecule has 1 aliphatic carbocycles. The number of benzene rings is 1. The third-order valence-corrected chi connectivity index (χ3v) is 6.64. The molecule has 3 aliphatic rings. The van der Waals surface area contributed by atoms with E-state index in [1.54, 1.807) is 9.58 Å². The van der Waals surface area contributed by atoms with Gasteiger partial charge in [-0.15, -0.1) is 0 Å². The second-order valence-corrected chi connectivity index (χ2v) is 8.32. The van der Waals surface area contributed by atoms with Crippen LogP contribution < -0.4 is 0 Å². The molecule has 1 saturated carbocycles. The SMILES string of the molecule is O=C(c1cc2ccccc2[nH]1)N1CCn2ncc(C(=O)N3CC4C(C3)C4(F)F)c2C1. The summed E-state index contributed by atoms with van der Waals surface area (Å²) in [7, 11) is 0. The topological polar surface area (TPSA) is 74.2 Å². The maximum atomic E-state index is 13.5. The summed E-state index contributed by atoms with van der Waals surface area (Å²) in [4.78, 5) is 32.3. The van der Waals surface area contributed by atoms with Crippen LogP contribution in [0.25, 0.3) is 10.9 Å². The molecule has 2 aliphatic heterocycles.